The molecule has 0 aromatic heterocycles. The third kappa shape index (κ3) is 4.22. The van der Waals surface area contributed by atoms with Crippen molar-refractivity contribution in [1.29, 1.82) is 0 Å². The van der Waals surface area contributed by atoms with Crippen LogP contribution in [0.1, 0.15) is 53.6 Å². The molecular formula is C52H38. The normalized spacial score (nSPS) is 14.6. The molecule has 0 heteroatoms. The van der Waals surface area contributed by atoms with E-state index in [2.05, 4.69) is 172 Å². The molecule has 3 aliphatic carbocycles. The predicted octanol–water partition coefficient (Wildman–Crippen LogP) is 13.8. The van der Waals surface area contributed by atoms with Crippen LogP contribution in [0.5, 0.6) is 0 Å². The first-order valence-corrected chi connectivity index (χ1v) is 18.8. The predicted molar refractivity (Wildman–Crippen MR) is 221 cm³/mol. The molecule has 0 bridgehead atoms. The summed E-state index contributed by atoms with van der Waals surface area (Å²) in [6.07, 6.45) is 7.91. The molecule has 0 atom stereocenters. The molecule has 0 saturated carbocycles. The van der Waals surface area contributed by atoms with Gasteiger partial charge in [0.25, 0.3) is 0 Å². The Morgan fingerprint density at radius 3 is 1.79 bits per heavy atom. The van der Waals surface area contributed by atoms with Crippen LogP contribution in [0.2, 0.25) is 0 Å². The minimum Gasteiger partial charge on any atom is -0.0836 e. The molecule has 0 radical (unpaired) electrons. The summed E-state index contributed by atoms with van der Waals surface area (Å²) in [5, 5.41) is 5.17. The summed E-state index contributed by atoms with van der Waals surface area (Å²) in [4.78, 5) is 0. The molecule has 52 heavy (non-hydrogen) atoms. The second-order valence-electron chi connectivity index (χ2n) is 15.5. The average Bonchev–Trinajstić information content (AvgIpc) is 3.67. The summed E-state index contributed by atoms with van der Waals surface area (Å²) in [5.41, 5.74) is 21.8. The van der Waals surface area contributed by atoms with Crippen molar-refractivity contribution in [3.05, 3.63) is 185 Å². The highest BCUT2D eigenvalue weighted by Crippen LogP contribution is 2.53. The molecule has 0 N–H and O–H groups in total. The van der Waals surface area contributed by atoms with E-state index in [-0.39, 0.29) is 5.41 Å². The fourth-order valence-electron chi connectivity index (χ4n) is 9.89. The zero-order valence-electron chi connectivity index (χ0n) is 29.6. The minimum atomic E-state index is -0.0714. The molecule has 0 amide bonds. The standard InChI is InChI=1S/C52H38/c1-52(2)48-31-35-13-4-3-12-34(35)29-47(48)45-21-11-20-40(51(45)52)32-22-24-33(25-23-32)49-41-16-7-9-18-43(41)50(44-19-10-8-17-42(44)49)38-27-26-37-28-36-14-5-6-15-39(36)46(37)30-38/h3,5-12,14-27,29-31H,4,13,28H2,1-2H3. The van der Waals surface area contributed by atoms with Crippen molar-refractivity contribution in [3.63, 3.8) is 0 Å². The van der Waals surface area contributed by atoms with Crippen LogP contribution in [0.3, 0.4) is 0 Å². The Hall–Kier alpha value is -5.98. The number of benzene rings is 8. The monoisotopic (exact) mass is 662 g/mol. The first-order valence-electron chi connectivity index (χ1n) is 18.8. The lowest BCUT2D eigenvalue weighted by atomic mass is 9.77. The van der Waals surface area contributed by atoms with Gasteiger partial charge < -0.3 is 0 Å². The number of fused-ring (bicyclic) bond motifs is 9. The van der Waals surface area contributed by atoms with Gasteiger partial charge in [0.2, 0.25) is 0 Å². The Morgan fingerprint density at radius 1 is 0.442 bits per heavy atom. The fourth-order valence-corrected chi connectivity index (χ4v) is 9.89. The van der Waals surface area contributed by atoms with Crippen LogP contribution in [0.25, 0.3) is 83.3 Å². The van der Waals surface area contributed by atoms with Gasteiger partial charge >= 0.3 is 0 Å². The SMILES string of the molecule is CC1(C)c2cc3c(cc2-c2cccc(-c4ccc(-c5c6ccccc6c(-c6ccc7c(c6)-c6ccccc6C7)c6ccccc56)cc4)c21)C=CCC3. The van der Waals surface area contributed by atoms with Crippen LogP contribution in [-0.4, -0.2) is 0 Å². The lowest BCUT2D eigenvalue weighted by molar-refractivity contribution is 0.660. The Kier molecular flexibility index (Phi) is 6.29. The molecule has 8 aromatic rings. The number of aryl methyl sites for hydroxylation is 1. The minimum absolute atomic E-state index is 0.0714. The van der Waals surface area contributed by atoms with Gasteiger partial charge in [-0.3, -0.25) is 0 Å². The van der Waals surface area contributed by atoms with Gasteiger partial charge in [-0.15, -0.1) is 0 Å². The van der Waals surface area contributed by atoms with Gasteiger partial charge in [0.15, 0.2) is 0 Å². The van der Waals surface area contributed by atoms with E-state index in [0.29, 0.717) is 0 Å². The molecule has 0 unspecified atom stereocenters. The molecule has 8 aromatic carbocycles. The smallest absolute Gasteiger partial charge is 0.0165 e. The fraction of sp³-hybridized carbons (Fsp3) is 0.115. The highest BCUT2D eigenvalue weighted by atomic mass is 14.4. The van der Waals surface area contributed by atoms with Crippen LogP contribution in [0.4, 0.5) is 0 Å². The van der Waals surface area contributed by atoms with E-state index in [1.807, 2.05) is 0 Å². The molecule has 0 aliphatic heterocycles. The van der Waals surface area contributed by atoms with E-state index in [1.54, 1.807) is 0 Å². The Labute approximate surface area is 305 Å². The maximum Gasteiger partial charge on any atom is 0.0165 e. The van der Waals surface area contributed by atoms with Crippen LogP contribution in [0, 0.1) is 0 Å². The van der Waals surface area contributed by atoms with E-state index in [9.17, 15) is 0 Å². The number of hydrogen-bond donors (Lipinski definition) is 0. The van der Waals surface area contributed by atoms with Crippen LogP contribution in [-0.2, 0) is 18.3 Å². The number of hydrogen-bond acceptors (Lipinski definition) is 0. The highest BCUT2D eigenvalue weighted by molar-refractivity contribution is 6.21. The third-order valence-corrected chi connectivity index (χ3v) is 12.3. The van der Waals surface area contributed by atoms with Crippen molar-refractivity contribution >= 4 is 27.6 Å². The van der Waals surface area contributed by atoms with Crippen molar-refractivity contribution in [2.24, 2.45) is 0 Å². The lowest BCUT2D eigenvalue weighted by Crippen LogP contribution is -2.17. The van der Waals surface area contributed by atoms with E-state index in [1.165, 1.54) is 111 Å². The maximum atomic E-state index is 2.50. The van der Waals surface area contributed by atoms with Crippen LogP contribution < -0.4 is 0 Å². The quantitative estimate of drug-likeness (QED) is 0.165. The topological polar surface area (TPSA) is 0 Å². The first-order chi connectivity index (χ1) is 25.5. The second kappa shape index (κ2) is 11.0. The van der Waals surface area contributed by atoms with Gasteiger partial charge in [-0.25, -0.2) is 0 Å². The summed E-state index contributed by atoms with van der Waals surface area (Å²) in [6, 6.07) is 55.3. The Bertz CT molecular complexity index is 2770. The zero-order valence-corrected chi connectivity index (χ0v) is 29.6. The second-order valence-corrected chi connectivity index (χ2v) is 15.5. The summed E-state index contributed by atoms with van der Waals surface area (Å²) in [5.74, 6) is 0. The number of rotatable bonds is 3. The van der Waals surface area contributed by atoms with Crippen LogP contribution in [0.15, 0.2) is 152 Å². The van der Waals surface area contributed by atoms with E-state index in [0.717, 1.165) is 19.3 Å². The largest absolute Gasteiger partial charge is 0.0836 e. The van der Waals surface area contributed by atoms with E-state index in [4.69, 9.17) is 0 Å². The van der Waals surface area contributed by atoms with Gasteiger partial charge in [-0.1, -0.05) is 159 Å². The van der Waals surface area contributed by atoms with Crippen molar-refractivity contribution in [2.75, 3.05) is 0 Å². The summed E-state index contributed by atoms with van der Waals surface area (Å²) >= 11 is 0. The molecule has 3 aliphatic rings. The number of allylic oxidation sites excluding steroid dienone is 1. The summed E-state index contributed by atoms with van der Waals surface area (Å²) < 4.78 is 0. The molecule has 0 saturated heterocycles. The molecule has 11 rings (SSSR count). The van der Waals surface area contributed by atoms with Gasteiger partial charge in [-0.2, -0.15) is 0 Å². The van der Waals surface area contributed by atoms with E-state index >= 15 is 0 Å². The van der Waals surface area contributed by atoms with E-state index < -0.39 is 0 Å². The maximum absolute atomic E-state index is 2.50. The van der Waals surface area contributed by atoms with Gasteiger partial charge in [0.05, 0.1) is 0 Å². The highest BCUT2D eigenvalue weighted by Gasteiger charge is 2.38. The zero-order chi connectivity index (χ0) is 34.6. The Morgan fingerprint density at radius 2 is 1.04 bits per heavy atom. The lowest BCUT2D eigenvalue weighted by Gasteiger charge is -2.25. The van der Waals surface area contributed by atoms with Gasteiger partial charge in [0, 0.05) is 5.41 Å². The van der Waals surface area contributed by atoms with Crippen molar-refractivity contribution in [3.8, 4) is 55.6 Å². The molecule has 0 heterocycles. The van der Waals surface area contributed by atoms with Gasteiger partial charge in [-0.05, 0) is 142 Å². The average molecular weight is 663 g/mol. The summed E-state index contributed by atoms with van der Waals surface area (Å²) in [6.45, 7) is 4.83. The van der Waals surface area contributed by atoms with Crippen molar-refractivity contribution in [2.45, 2.75) is 38.5 Å². The molecule has 0 fully saturated rings. The molecule has 246 valence electrons. The van der Waals surface area contributed by atoms with Crippen LogP contribution >= 0.6 is 0 Å². The van der Waals surface area contributed by atoms with Gasteiger partial charge in [0.1, 0.15) is 0 Å². The van der Waals surface area contributed by atoms with Crippen molar-refractivity contribution in [1.82, 2.24) is 0 Å². The van der Waals surface area contributed by atoms with Crippen molar-refractivity contribution < 1.29 is 0 Å². The molecule has 0 nitrogen and oxygen atoms in total. The Balaban J connectivity index is 1.06. The summed E-state index contributed by atoms with van der Waals surface area (Å²) in [7, 11) is 0. The third-order valence-electron chi connectivity index (χ3n) is 12.3. The first kappa shape index (κ1) is 29.7. The molecular weight excluding hydrogens is 625 g/mol. The molecule has 0 spiro atoms.